The standard InChI is InChI=1S/C28H30N2O6S/c1-7-35-27(32)24-17(4)29-28-30(25(24)19-9-11-20(12-10-19)36-16(2)3)26(31)23(37-28)15-18-8-13-21(33-5)22(14-18)34-6/h8-16,25H,7H2,1-6H3/t25-/m1/s1. The largest absolute Gasteiger partial charge is 0.493 e. The van der Waals surface area contributed by atoms with E-state index in [2.05, 4.69) is 4.99 Å². The lowest BCUT2D eigenvalue weighted by atomic mass is 9.96. The molecule has 4 rings (SSSR count). The third kappa shape index (κ3) is 5.32. The third-order valence-corrected chi connectivity index (χ3v) is 6.77. The Bertz CT molecular complexity index is 1520. The number of nitrogens with zero attached hydrogens (tertiary/aromatic N) is 2. The summed E-state index contributed by atoms with van der Waals surface area (Å²) in [4.78, 5) is 31.9. The van der Waals surface area contributed by atoms with Crippen LogP contribution in [0.15, 0.2) is 63.5 Å². The van der Waals surface area contributed by atoms with Crippen LogP contribution in [0.4, 0.5) is 0 Å². The summed E-state index contributed by atoms with van der Waals surface area (Å²) >= 11 is 1.27. The molecule has 9 heteroatoms. The second-order valence-corrected chi connectivity index (χ2v) is 9.66. The molecule has 2 heterocycles. The zero-order valence-electron chi connectivity index (χ0n) is 21.7. The molecule has 0 saturated carbocycles. The highest BCUT2D eigenvalue weighted by molar-refractivity contribution is 7.07. The summed E-state index contributed by atoms with van der Waals surface area (Å²) < 4.78 is 23.9. The van der Waals surface area contributed by atoms with Crippen LogP contribution in [0.1, 0.15) is 44.9 Å². The second kappa shape index (κ2) is 11.0. The first kappa shape index (κ1) is 26.2. The quantitative estimate of drug-likeness (QED) is 0.420. The van der Waals surface area contributed by atoms with Crippen molar-refractivity contribution >= 4 is 23.4 Å². The van der Waals surface area contributed by atoms with Gasteiger partial charge in [-0.3, -0.25) is 9.36 Å². The molecule has 1 atom stereocenters. The molecule has 194 valence electrons. The van der Waals surface area contributed by atoms with Crippen molar-refractivity contribution in [3.63, 3.8) is 0 Å². The molecule has 2 aromatic carbocycles. The number of fused-ring (bicyclic) bond motifs is 1. The molecule has 0 saturated heterocycles. The predicted octanol–water partition coefficient (Wildman–Crippen LogP) is 3.60. The predicted molar refractivity (Wildman–Crippen MR) is 142 cm³/mol. The maximum atomic E-state index is 13.8. The molecule has 1 aliphatic heterocycles. The molecular weight excluding hydrogens is 492 g/mol. The fourth-order valence-corrected chi connectivity index (χ4v) is 5.25. The molecular formula is C28H30N2O6S. The maximum absolute atomic E-state index is 13.8. The van der Waals surface area contributed by atoms with Crippen LogP contribution < -0.4 is 29.1 Å². The molecule has 0 unspecified atom stereocenters. The fraction of sp³-hybridized carbons (Fsp3) is 0.321. The number of methoxy groups -OCH3 is 2. The molecule has 37 heavy (non-hydrogen) atoms. The summed E-state index contributed by atoms with van der Waals surface area (Å²) in [6, 6.07) is 12.2. The first-order valence-electron chi connectivity index (χ1n) is 12.0. The molecule has 3 aromatic rings. The van der Waals surface area contributed by atoms with Gasteiger partial charge in [0, 0.05) is 0 Å². The third-order valence-electron chi connectivity index (χ3n) is 5.79. The van der Waals surface area contributed by atoms with Gasteiger partial charge in [0.25, 0.3) is 5.56 Å². The highest BCUT2D eigenvalue weighted by Gasteiger charge is 2.33. The molecule has 0 bridgehead atoms. The summed E-state index contributed by atoms with van der Waals surface area (Å²) in [6.45, 7) is 7.64. The topological polar surface area (TPSA) is 88.4 Å². The van der Waals surface area contributed by atoms with E-state index in [1.54, 1.807) is 50.8 Å². The number of thiazole rings is 1. The lowest BCUT2D eigenvalue weighted by Crippen LogP contribution is -2.39. The monoisotopic (exact) mass is 522 g/mol. The van der Waals surface area contributed by atoms with Gasteiger partial charge in [-0.15, -0.1) is 0 Å². The van der Waals surface area contributed by atoms with Crippen molar-refractivity contribution in [2.75, 3.05) is 20.8 Å². The minimum Gasteiger partial charge on any atom is -0.493 e. The zero-order valence-corrected chi connectivity index (χ0v) is 22.5. The molecule has 1 aliphatic rings. The number of carbonyl (C=O) groups is 1. The Morgan fingerprint density at radius 2 is 1.81 bits per heavy atom. The molecule has 1 aromatic heterocycles. The van der Waals surface area contributed by atoms with E-state index >= 15 is 0 Å². The maximum Gasteiger partial charge on any atom is 0.338 e. The number of aromatic nitrogens is 1. The Hall–Kier alpha value is -3.85. The Morgan fingerprint density at radius 1 is 1.11 bits per heavy atom. The van der Waals surface area contributed by atoms with Crippen LogP contribution in [-0.4, -0.2) is 37.5 Å². The number of carbonyl (C=O) groups excluding carboxylic acids is 1. The van der Waals surface area contributed by atoms with Crippen molar-refractivity contribution in [3.05, 3.63) is 84.5 Å². The Kier molecular flexibility index (Phi) is 7.83. The van der Waals surface area contributed by atoms with E-state index < -0.39 is 12.0 Å². The van der Waals surface area contributed by atoms with Gasteiger partial charge in [-0.25, -0.2) is 9.79 Å². The molecule has 0 spiro atoms. The van der Waals surface area contributed by atoms with Gasteiger partial charge >= 0.3 is 5.97 Å². The van der Waals surface area contributed by atoms with Crippen molar-refractivity contribution in [1.29, 1.82) is 0 Å². The van der Waals surface area contributed by atoms with Crippen molar-refractivity contribution in [3.8, 4) is 17.2 Å². The minimum absolute atomic E-state index is 0.0253. The summed E-state index contributed by atoms with van der Waals surface area (Å²) in [6.07, 6.45) is 1.81. The lowest BCUT2D eigenvalue weighted by Gasteiger charge is -2.25. The van der Waals surface area contributed by atoms with Crippen LogP contribution in [0.5, 0.6) is 17.2 Å². The molecule has 0 fully saturated rings. The van der Waals surface area contributed by atoms with Gasteiger partial charge < -0.3 is 18.9 Å². The number of benzene rings is 2. The van der Waals surface area contributed by atoms with Crippen LogP contribution in [0, 0.1) is 0 Å². The number of hydrogen-bond acceptors (Lipinski definition) is 8. The van der Waals surface area contributed by atoms with Crippen LogP contribution >= 0.6 is 11.3 Å². The Morgan fingerprint density at radius 3 is 2.43 bits per heavy atom. The summed E-state index contributed by atoms with van der Waals surface area (Å²) in [5, 5.41) is 0. The molecule has 0 N–H and O–H groups in total. The van der Waals surface area contributed by atoms with Gasteiger partial charge in [0.15, 0.2) is 16.3 Å². The van der Waals surface area contributed by atoms with E-state index in [4.69, 9.17) is 18.9 Å². The number of hydrogen-bond donors (Lipinski definition) is 0. The minimum atomic E-state index is -0.684. The van der Waals surface area contributed by atoms with E-state index in [9.17, 15) is 9.59 Å². The van der Waals surface area contributed by atoms with Crippen LogP contribution in [-0.2, 0) is 9.53 Å². The summed E-state index contributed by atoms with van der Waals surface area (Å²) in [7, 11) is 3.13. The Labute approximate surface area is 219 Å². The average Bonchev–Trinajstić information content (AvgIpc) is 3.17. The van der Waals surface area contributed by atoms with Crippen LogP contribution in [0.3, 0.4) is 0 Å². The van der Waals surface area contributed by atoms with Crippen molar-refractivity contribution in [1.82, 2.24) is 4.57 Å². The van der Waals surface area contributed by atoms with Crippen molar-refractivity contribution in [2.45, 2.75) is 39.8 Å². The number of ether oxygens (including phenoxy) is 4. The fourth-order valence-electron chi connectivity index (χ4n) is 4.20. The van der Waals surface area contributed by atoms with Gasteiger partial charge in [-0.05, 0) is 69.2 Å². The number of rotatable bonds is 8. The SMILES string of the molecule is CCOC(=O)C1=C(C)N=c2sc(=Cc3ccc(OC)c(OC)c3)c(=O)n2[C@@H]1c1ccc(OC(C)C)cc1. The molecule has 0 amide bonds. The van der Waals surface area contributed by atoms with Gasteiger partial charge in [-0.1, -0.05) is 29.5 Å². The van der Waals surface area contributed by atoms with E-state index in [0.29, 0.717) is 37.9 Å². The summed E-state index contributed by atoms with van der Waals surface area (Å²) in [5.41, 5.74) is 2.14. The van der Waals surface area contributed by atoms with E-state index in [-0.39, 0.29) is 18.3 Å². The van der Waals surface area contributed by atoms with Gasteiger partial charge in [0.1, 0.15) is 5.75 Å². The number of esters is 1. The van der Waals surface area contributed by atoms with Crippen molar-refractivity contribution in [2.24, 2.45) is 4.99 Å². The lowest BCUT2D eigenvalue weighted by molar-refractivity contribution is -0.139. The van der Waals surface area contributed by atoms with E-state index in [1.807, 2.05) is 44.2 Å². The van der Waals surface area contributed by atoms with E-state index in [1.165, 1.54) is 11.3 Å². The highest BCUT2D eigenvalue weighted by Crippen LogP contribution is 2.32. The first-order valence-corrected chi connectivity index (χ1v) is 12.8. The van der Waals surface area contributed by atoms with Crippen molar-refractivity contribution < 1.29 is 23.7 Å². The Balaban J connectivity index is 1.88. The van der Waals surface area contributed by atoms with Gasteiger partial charge in [0.05, 0.1) is 48.8 Å². The van der Waals surface area contributed by atoms with E-state index in [0.717, 1.165) is 11.1 Å². The van der Waals surface area contributed by atoms with Crippen LogP contribution in [0.2, 0.25) is 0 Å². The average molecular weight is 523 g/mol. The highest BCUT2D eigenvalue weighted by atomic mass is 32.1. The van der Waals surface area contributed by atoms with Gasteiger partial charge in [-0.2, -0.15) is 0 Å². The van der Waals surface area contributed by atoms with Crippen LogP contribution in [0.25, 0.3) is 6.08 Å². The number of allylic oxidation sites excluding steroid dienone is 1. The normalized spacial score (nSPS) is 15.3. The molecule has 8 nitrogen and oxygen atoms in total. The molecule has 0 radical (unpaired) electrons. The van der Waals surface area contributed by atoms with Gasteiger partial charge in [0.2, 0.25) is 0 Å². The first-order chi connectivity index (χ1) is 17.8. The molecule has 0 aliphatic carbocycles. The zero-order chi connectivity index (χ0) is 26.7. The summed E-state index contributed by atoms with van der Waals surface area (Å²) in [5.74, 6) is 1.37. The smallest absolute Gasteiger partial charge is 0.338 e. The second-order valence-electron chi connectivity index (χ2n) is 8.65.